The lowest BCUT2D eigenvalue weighted by molar-refractivity contribution is 0.0405. The van der Waals surface area contributed by atoms with Crippen LogP contribution in [0.3, 0.4) is 0 Å². The molecule has 0 heterocycles. The molecule has 17 heavy (non-hydrogen) atoms. The van der Waals surface area contributed by atoms with E-state index in [0.29, 0.717) is 6.42 Å². The van der Waals surface area contributed by atoms with Gasteiger partial charge < -0.3 is 14.9 Å². The fourth-order valence-electron chi connectivity index (χ4n) is 2.02. The Hall–Kier alpha value is -0.900. The van der Waals surface area contributed by atoms with Gasteiger partial charge in [-0.25, -0.2) is 0 Å². The number of rotatable bonds is 6. The van der Waals surface area contributed by atoms with Gasteiger partial charge in [-0.3, -0.25) is 0 Å². The van der Waals surface area contributed by atoms with E-state index in [1.54, 1.807) is 7.11 Å². The van der Waals surface area contributed by atoms with E-state index in [1.165, 1.54) is 5.56 Å². The predicted octanol–water partition coefficient (Wildman–Crippen LogP) is 1.64. The molecule has 0 aliphatic heterocycles. The average Bonchev–Trinajstić information content (AvgIpc) is 2.37. The van der Waals surface area contributed by atoms with Crippen LogP contribution in [0, 0.1) is 6.92 Å². The topological polar surface area (TPSA) is 49.7 Å². The van der Waals surface area contributed by atoms with Crippen LogP contribution in [0.4, 0.5) is 0 Å². The quantitative estimate of drug-likeness (QED) is 0.792. The van der Waals surface area contributed by atoms with Crippen molar-refractivity contribution in [2.75, 3.05) is 20.3 Å². The summed E-state index contributed by atoms with van der Waals surface area (Å²) in [6.45, 7) is 3.79. The summed E-state index contributed by atoms with van der Waals surface area (Å²) < 4.78 is 5.23. The molecule has 0 amide bonds. The number of aryl methyl sites for hydroxylation is 1. The zero-order valence-electron chi connectivity index (χ0n) is 10.8. The molecule has 0 radical (unpaired) electrons. The van der Waals surface area contributed by atoms with Crippen molar-refractivity contribution in [2.45, 2.75) is 31.8 Å². The van der Waals surface area contributed by atoms with E-state index >= 15 is 0 Å². The Kier molecular flexibility index (Phi) is 5.12. The largest absolute Gasteiger partial charge is 0.395 e. The summed E-state index contributed by atoms with van der Waals surface area (Å²) in [5.41, 5.74) is 1.50. The first-order chi connectivity index (χ1) is 8.07. The highest BCUT2D eigenvalue weighted by atomic mass is 16.5. The van der Waals surface area contributed by atoms with Crippen molar-refractivity contribution in [3.8, 4) is 0 Å². The molecule has 3 heteroatoms. The average molecular weight is 238 g/mol. The Morgan fingerprint density at radius 1 is 1.18 bits per heavy atom. The molecule has 2 N–H and O–H groups in total. The normalized spacial score (nSPS) is 13.7. The van der Waals surface area contributed by atoms with Gasteiger partial charge in [-0.1, -0.05) is 29.8 Å². The Morgan fingerprint density at radius 2 is 1.71 bits per heavy atom. The predicted molar refractivity (Wildman–Crippen MR) is 68.1 cm³/mol. The summed E-state index contributed by atoms with van der Waals surface area (Å²) in [4.78, 5) is 0. The maximum absolute atomic E-state index is 9.63. The van der Waals surface area contributed by atoms with Gasteiger partial charge in [0.15, 0.2) is 0 Å². The number of benzene rings is 1. The Morgan fingerprint density at radius 3 is 2.12 bits per heavy atom. The third-order valence-electron chi connectivity index (χ3n) is 3.35. The summed E-state index contributed by atoms with van der Waals surface area (Å²) in [6, 6.07) is 7.91. The minimum absolute atomic E-state index is 0.00407. The van der Waals surface area contributed by atoms with Crippen molar-refractivity contribution >= 4 is 0 Å². The third kappa shape index (κ3) is 3.28. The molecule has 0 saturated heterocycles. The minimum Gasteiger partial charge on any atom is -0.395 e. The first-order valence-electron chi connectivity index (χ1n) is 5.89. The minimum atomic E-state index is -0.622. The molecule has 1 atom stereocenters. The summed E-state index contributed by atoms with van der Waals surface area (Å²) in [6.07, 6.45) is 0.593. The van der Waals surface area contributed by atoms with Crippen molar-refractivity contribution in [2.24, 2.45) is 0 Å². The van der Waals surface area contributed by atoms with Gasteiger partial charge >= 0.3 is 0 Å². The smallest absolute Gasteiger partial charge is 0.0553 e. The Balaban J connectivity index is 3.01. The fraction of sp³-hybridized carbons (Fsp3) is 0.571. The number of ether oxygens (including phenoxy) is 1. The van der Waals surface area contributed by atoms with Crippen LogP contribution in [0.15, 0.2) is 24.3 Å². The second-order valence-electron chi connectivity index (χ2n) is 4.71. The van der Waals surface area contributed by atoms with Crippen LogP contribution < -0.4 is 0 Å². The van der Waals surface area contributed by atoms with E-state index in [9.17, 15) is 10.2 Å². The maximum Gasteiger partial charge on any atom is 0.0553 e. The van der Waals surface area contributed by atoms with E-state index in [4.69, 9.17) is 4.74 Å². The molecule has 96 valence electrons. The second kappa shape index (κ2) is 6.15. The highest BCUT2D eigenvalue weighted by Crippen LogP contribution is 2.29. The molecule has 0 fully saturated rings. The van der Waals surface area contributed by atoms with Gasteiger partial charge in [0.2, 0.25) is 0 Å². The van der Waals surface area contributed by atoms with E-state index < -0.39 is 5.41 Å². The van der Waals surface area contributed by atoms with E-state index in [0.717, 1.165) is 5.56 Å². The molecule has 0 aliphatic rings. The number of hydrogen-bond donors (Lipinski definition) is 2. The lowest BCUT2D eigenvalue weighted by Gasteiger charge is -2.32. The molecule has 1 rings (SSSR count). The highest BCUT2D eigenvalue weighted by Gasteiger charge is 2.32. The molecule has 3 nitrogen and oxygen atoms in total. The molecular formula is C14H22O3. The number of aliphatic hydroxyl groups is 2. The van der Waals surface area contributed by atoms with Gasteiger partial charge in [-0.15, -0.1) is 0 Å². The van der Waals surface area contributed by atoms with Crippen LogP contribution in [-0.4, -0.2) is 36.6 Å². The number of methoxy groups -OCH3 is 1. The molecule has 1 aromatic carbocycles. The first-order valence-corrected chi connectivity index (χ1v) is 5.89. The van der Waals surface area contributed by atoms with Gasteiger partial charge in [-0.05, 0) is 25.8 Å². The van der Waals surface area contributed by atoms with Crippen LogP contribution in [0.2, 0.25) is 0 Å². The monoisotopic (exact) mass is 238 g/mol. The van der Waals surface area contributed by atoms with Gasteiger partial charge in [0.25, 0.3) is 0 Å². The summed E-state index contributed by atoms with van der Waals surface area (Å²) in [5, 5.41) is 19.3. The van der Waals surface area contributed by atoms with E-state index in [-0.39, 0.29) is 19.3 Å². The standard InChI is InChI=1S/C14H22O3/c1-11-4-6-13(7-5-11)14(9-15,10-16)8-12(2)17-3/h4-7,12,15-16H,8-10H2,1-3H3. The van der Waals surface area contributed by atoms with E-state index in [2.05, 4.69) is 0 Å². The van der Waals surface area contributed by atoms with Crippen LogP contribution in [-0.2, 0) is 10.2 Å². The van der Waals surface area contributed by atoms with Crippen molar-refractivity contribution in [1.29, 1.82) is 0 Å². The summed E-state index contributed by atoms with van der Waals surface area (Å²) in [5.74, 6) is 0. The number of hydrogen-bond acceptors (Lipinski definition) is 3. The molecule has 1 aromatic rings. The number of aliphatic hydroxyl groups excluding tert-OH is 2. The lowest BCUT2D eigenvalue weighted by Crippen LogP contribution is -2.38. The Bertz CT molecular complexity index is 328. The van der Waals surface area contributed by atoms with Crippen LogP contribution >= 0.6 is 0 Å². The van der Waals surface area contributed by atoms with Crippen molar-refractivity contribution in [1.82, 2.24) is 0 Å². The highest BCUT2D eigenvalue weighted by molar-refractivity contribution is 5.29. The molecule has 1 unspecified atom stereocenters. The molecule has 0 aromatic heterocycles. The van der Waals surface area contributed by atoms with Crippen LogP contribution in [0.25, 0.3) is 0 Å². The maximum atomic E-state index is 9.63. The lowest BCUT2D eigenvalue weighted by atomic mass is 9.77. The van der Waals surface area contributed by atoms with Crippen LogP contribution in [0.5, 0.6) is 0 Å². The van der Waals surface area contributed by atoms with Gasteiger partial charge in [0.05, 0.1) is 19.3 Å². The van der Waals surface area contributed by atoms with E-state index in [1.807, 2.05) is 38.1 Å². The van der Waals surface area contributed by atoms with Gasteiger partial charge in [0.1, 0.15) is 0 Å². The second-order valence-corrected chi connectivity index (χ2v) is 4.71. The summed E-state index contributed by atoms with van der Waals surface area (Å²) >= 11 is 0. The molecule has 0 spiro atoms. The first kappa shape index (κ1) is 14.2. The molecule has 0 aliphatic carbocycles. The third-order valence-corrected chi connectivity index (χ3v) is 3.35. The zero-order valence-corrected chi connectivity index (χ0v) is 10.8. The van der Waals surface area contributed by atoms with Crippen molar-refractivity contribution < 1.29 is 14.9 Å². The van der Waals surface area contributed by atoms with Crippen molar-refractivity contribution in [3.63, 3.8) is 0 Å². The molecule has 0 bridgehead atoms. The van der Waals surface area contributed by atoms with Gasteiger partial charge in [-0.2, -0.15) is 0 Å². The van der Waals surface area contributed by atoms with Gasteiger partial charge in [0, 0.05) is 12.5 Å². The molecular weight excluding hydrogens is 216 g/mol. The SMILES string of the molecule is COC(C)CC(CO)(CO)c1ccc(C)cc1. The zero-order chi connectivity index (χ0) is 12.9. The molecule has 0 saturated carbocycles. The van der Waals surface area contributed by atoms with Crippen molar-refractivity contribution in [3.05, 3.63) is 35.4 Å². The van der Waals surface area contributed by atoms with Crippen LogP contribution in [0.1, 0.15) is 24.5 Å². The fourth-order valence-corrected chi connectivity index (χ4v) is 2.02. The Labute approximate surface area is 103 Å². The summed E-state index contributed by atoms with van der Waals surface area (Å²) in [7, 11) is 1.64.